The molecule has 3 nitrogen and oxygen atoms in total. The van der Waals surface area contributed by atoms with Crippen LogP contribution in [0, 0.1) is 20.8 Å². The third kappa shape index (κ3) is 2.95. The Kier molecular flexibility index (Phi) is 4.65. The Morgan fingerprint density at radius 3 is 2.40 bits per heavy atom. The predicted molar refractivity (Wildman–Crippen MR) is 105 cm³/mol. The molecule has 25 heavy (non-hydrogen) atoms. The van der Waals surface area contributed by atoms with Crippen molar-refractivity contribution in [2.75, 3.05) is 0 Å². The first-order chi connectivity index (χ1) is 11.8. The van der Waals surface area contributed by atoms with Gasteiger partial charge in [0.15, 0.2) is 0 Å². The van der Waals surface area contributed by atoms with Crippen LogP contribution in [0.4, 0.5) is 0 Å². The fourth-order valence-corrected chi connectivity index (χ4v) is 4.63. The second-order valence-electron chi connectivity index (χ2n) is 6.60. The SMILES string of the molecule is CCc1sc2nc(C)c(C(C)C(=O)O)c(-c3ccc(C)cc3)c2c1C. The highest BCUT2D eigenvalue weighted by Gasteiger charge is 2.26. The van der Waals surface area contributed by atoms with Crippen LogP contribution in [0.2, 0.25) is 0 Å². The molecular formula is C21H23NO2S. The average molecular weight is 353 g/mol. The van der Waals surface area contributed by atoms with Gasteiger partial charge in [0.2, 0.25) is 0 Å². The molecule has 1 atom stereocenters. The lowest BCUT2D eigenvalue weighted by Gasteiger charge is -2.18. The summed E-state index contributed by atoms with van der Waals surface area (Å²) in [5.41, 5.74) is 6.15. The number of aliphatic carboxylic acids is 1. The molecule has 0 saturated heterocycles. The van der Waals surface area contributed by atoms with Crippen LogP contribution in [0.5, 0.6) is 0 Å². The zero-order valence-corrected chi connectivity index (χ0v) is 16.1. The van der Waals surface area contributed by atoms with Gasteiger partial charge in [-0.25, -0.2) is 4.98 Å². The minimum absolute atomic E-state index is 0.599. The van der Waals surface area contributed by atoms with Gasteiger partial charge in [0.1, 0.15) is 4.83 Å². The van der Waals surface area contributed by atoms with Crippen molar-refractivity contribution in [2.24, 2.45) is 0 Å². The van der Waals surface area contributed by atoms with Crippen molar-refractivity contribution in [3.05, 3.63) is 51.5 Å². The molecule has 0 spiro atoms. The predicted octanol–water partition coefficient (Wildman–Crippen LogP) is 5.64. The van der Waals surface area contributed by atoms with Crippen LogP contribution in [-0.4, -0.2) is 16.1 Å². The van der Waals surface area contributed by atoms with Crippen LogP contribution < -0.4 is 0 Å². The molecule has 2 aromatic heterocycles. The lowest BCUT2D eigenvalue weighted by Crippen LogP contribution is -2.12. The van der Waals surface area contributed by atoms with E-state index in [1.165, 1.54) is 16.0 Å². The maximum Gasteiger partial charge on any atom is 0.310 e. The van der Waals surface area contributed by atoms with E-state index < -0.39 is 11.9 Å². The largest absolute Gasteiger partial charge is 0.481 e. The molecule has 0 aliphatic carbocycles. The highest BCUT2D eigenvalue weighted by atomic mass is 32.1. The Balaban J connectivity index is 2.46. The van der Waals surface area contributed by atoms with Gasteiger partial charge >= 0.3 is 5.97 Å². The topological polar surface area (TPSA) is 50.2 Å². The molecule has 0 fully saturated rings. The summed E-state index contributed by atoms with van der Waals surface area (Å²) < 4.78 is 0. The van der Waals surface area contributed by atoms with Gasteiger partial charge in [-0.15, -0.1) is 11.3 Å². The van der Waals surface area contributed by atoms with E-state index in [1.807, 2.05) is 6.92 Å². The van der Waals surface area contributed by atoms with Gasteiger partial charge in [-0.2, -0.15) is 0 Å². The molecule has 0 aliphatic rings. The van der Waals surface area contributed by atoms with Gasteiger partial charge in [0.05, 0.1) is 5.92 Å². The van der Waals surface area contributed by atoms with E-state index >= 15 is 0 Å². The number of thiophene rings is 1. The number of aromatic nitrogens is 1. The Bertz CT molecular complexity index is 954. The molecule has 0 aliphatic heterocycles. The lowest BCUT2D eigenvalue weighted by atomic mass is 9.87. The van der Waals surface area contributed by atoms with Crippen molar-refractivity contribution in [2.45, 2.75) is 47.0 Å². The maximum atomic E-state index is 11.7. The van der Waals surface area contributed by atoms with Crippen LogP contribution in [0.3, 0.4) is 0 Å². The normalized spacial score (nSPS) is 12.5. The van der Waals surface area contributed by atoms with Gasteiger partial charge in [-0.3, -0.25) is 4.79 Å². The van der Waals surface area contributed by atoms with E-state index in [9.17, 15) is 9.90 Å². The average Bonchev–Trinajstić information content (AvgIpc) is 2.89. The third-order valence-electron chi connectivity index (χ3n) is 4.87. The number of hydrogen-bond acceptors (Lipinski definition) is 3. The monoisotopic (exact) mass is 353 g/mol. The van der Waals surface area contributed by atoms with E-state index in [0.717, 1.165) is 39.0 Å². The number of aryl methyl sites for hydroxylation is 4. The second kappa shape index (κ2) is 6.60. The fraction of sp³-hybridized carbons (Fsp3) is 0.333. The first-order valence-electron chi connectivity index (χ1n) is 8.57. The van der Waals surface area contributed by atoms with Gasteiger partial charge in [-0.05, 0) is 56.4 Å². The van der Waals surface area contributed by atoms with E-state index in [4.69, 9.17) is 4.98 Å². The van der Waals surface area contributed by atoms with Gasteiger partial charge in [0, 0.05) is 16.0 Å². The van der Waals surface area contributed by atoms with Crippen molar-refractivity contribution >= 4 is 27.5 Å². The number of fused-ring (bicyclic) bond motifs is 1. The van der Waals surface area contributed by atoms with E-state index in [1.54, 1.807) is 18.3 Å². The zero-order valence-electron chi connectivity index (χ0n) is 15.3. The number of benzene rings is 1. The number of rotatable bonds is 4. The van der Waals surface area contributed by atoms with Gasteiger partial charge in [0.25, 0.3) is 0 Å². The standard InChI is InChI=1S/C21H23NO2S/c1-6-16-12(3)18-19(15-9-7-11(2)8-10-15)17(13(4)21(23)24)14(5)22-20(18)25-16/h7-10,13H,6H2,1-5H3,(H,23,24). The summed E-state index contributed by atoms with van der Waals surface area (Å²) in [6.07, 6.45) is 0.961. The van der Waals surface area contributed by atoms with Crippen molar-refractivity contribution in [3.63, 3.8) is 0 Å². The van der Waals surface area contributed by atoms with Crippen LogP contribution in [-0.2, 0) is 11.2 Å². The molecular weight excluding hydrogens is 330 g/mol. The summed E-state index contributed by atoms with van der Waals surface area (Å²) in [5.74, 6) is -1.42. The molecule has 0 amide bonds. The summed E-state index contributed by atoms with van der Waals surface area (Å²) >= 11 is 1.72. The first kappa shape index (κ1) is 17.6. The van der Waals surface area contributed by atoms with Crippen LogP contribution in [0.15, 0.2) is 24.3 Å². The number of carboxylic acids is 1. The lowest BCUT2D eigenvalue weighted by molar-refractivity contribution is -0.138. The van der Waals surface area contributed by atoms with E-state index in [0.29, 0.717) is 0 Å². The van der Waals surface area contributed by atoms with Crippen LogP contribution >= 0.6 is 11.3 Å². The molecule has 0 radical (unpaired) electrons. The molecule has 1 N–H and O–H groups in total. The summed E-state index contributed by atoms with van der Waals surface area (Å²) in [5, 5.41) is 10.8. The highest BCUT2D eigenvalue weighted by molar-refractivity contribution is 7.19. The molecule has 3 rings (SSSR count). The molecule has 2 heterocycles. The number of nitrogens with zero attached hydrogens (tertiary/aromatic N) is 1. The molecule has 0 saturated carbocycles. The zero-order chi connectivity index (χ0) is 18.3. The third-order valence-corrected chi connectivity index (χ3v) is 6.20. The van der Waals surface area contributed by atoms with Crippen LogP contribution in [0.1, 0.15) is 47.0 Å². The Hall–Kier alpha value is -2.20. The Morgan fingerprint density at radius 2 is 1.84 bits per heavy atom. The van der Waals surface area contributed by atoms with Crippen molar-refractivity contribution in [1.82, 2.24) is 4.98 Å². The molecule has 4 heteroatoms. The summed E-state index contributed by atoms with van der Waals surface area (Å²) in [6, 6.07) is 8.33. The molecule has 0 bridgehead atoms. The summed E-state index contributed by atoms with van der Waals surface area (Å²) in [6.45, 7) is 10.0. The Labute approximate surface area is 152 Å². The summed E-state index contributed by atoms with van der Waals surface area (Å²) in [7, 11) is 0. The Morgan fingerprint density at radius 1 is 1.20 bits per heavy atom. The first-order valence-corrected chi connectivity index (χ1v) is 9.39. The quantitative estimate of drug-likeness (QED) is 0.660. The van der Waals surface area contributed by atoms with Gasteiger partial charge in [-0.1, -0.05) is 36.8 Å². The van der Waals surface area contributed by atoms with Crippen molar-refractivity contribution < 1.29 is 9.90 Å². The van der Waals surface area contributed by atoms with E-state index in [2.05, 4.69) is 45.0 Å². The number of carboxylic acid groups (broad SMARTS) is 1. The molecule has 3 aromatic rings. The maximum absolute atomic E-state index is 11.7. The van der Waals surface area contributed by atoms with Crippen molar-refractivity contribution in [3.8, 4) is 11.1 Å². The number of hydrogen-bond donors (Lipinski definition) is 1. The van der Waals surface area contributed by atoms with Crippen molar-refractivity contribution in [1.29, 1.82) is 0 Å². The van der Waals surface area contributed by atoms with Gasteiger partial charge < -0.3 is 5.11 Å². The van der Waals surface area contributed by atoms with Crippen LogP contribution in [0.25, 0.3) is 21.3 Å². The summed E-state index contributed by atoms with van der Waals surface area (Å²) in [4.78, 5) is 18.8. The number of pyridine rings is 1. The highest BCUT2D eigenvalue weighted by Crippen LogP contribution is 2.42. The molecule has 1 unspecified atom stereocenters. The minimum Gasteiger partial charge on any atom is -0.481 e. The molecule has 1 aromatic carbocycles. The smallest absolute Gasteiger partial charge is 0.310 e. The molecule has 130 valence electrons. The van der Waals surface area contributed by atoms with E-state index in [-0.39, 0.29) is 0 Å². The second-order valence-corrected chi connectivity index (χ2v) is 7.68. The minimum atomic E-state index is -0.818. The number of carbonyl (C=O) groups is 1. The fourth-order valence-electron chi connectivity index (χ4n) is 3.46.